The number of likely N-dealkylation sites (tertiary alicyclic amines) is 1. The number of ketones is 1. The van der Waals surface area contributed by atoms with Gasteiger partial charge in [-0.3, -0.25) is 14.6 Å². The largest absolute Gasteiger partial charge is 0.507 e. The van der Waals surface area contributed by atoms with Crippen molar-refractivity contribution in [3.05, 3.63) is 81.3 Å². The monoisotopic (exact) mass is 478 g/mol. The van der Waals surface area contributed by atoms with Crippen molar-refractivity contribution in [3.8, 4) is 11.5 Å². The van der Waals surface area contributed by atoms with Crippen LogP contribution in [0.2, 0.25) is 0 Å². The Balaban J connectivity index is 1.87. The Hall–Kier alpha value is -3.65. The van der Waals surface area contributed by atoms with Crippen LogP contribution in [0.3, 0.4) is 0 Å². The van der Waals surface area contributed by atoms with Gasteiger partial charge in [0, 0.05) is 29.9 Å². The zero-order chi connectivity index (χ0) is 24.2. The fraction of sp³-hybridized carbons (Fsp3) is 0.269. The van der Waals surface area contributed by atoms with Crippen LogP contribution in [0.1, 0.15) is 41.5 Å². The molecule has 1 N–H and O–H groups in total. The molecule has 1 aliphatic heterocycles. The number of benzene rings is 1. The highest BCUT2D eigenvalue weighted by Crippen LogP contribution is 2.44. The summed E-state index contributed by atoms with van der Waals surface area (Å²) in [4.78, 5) is 32.9. The van der Waals surface area contributed by atoms with Crippen LogP contribution in [0.5, 0.6) is 11.5 Å². The van der Waals surface area contributed by atoms with E-state index in [0.29, 0.717) is 30.3 Å². The summed E-state index contributed by atoms with van der Waals surface area (Å²) >= 11 is 1.45. The van der Waals surface area contributed by atoms with Crippen molar-refractivity contribution in [2.45, 2.75) is 33.4 Å². The lowest BCUT2D eigenvalue weighted by Gasteiger charge is -2.25. The maximum absolute atomic E-state index is 13.3. The van der Waals surface area contributed by atoms with Crippen molar-refractivity contribution in [1.82, 2.24) is 9.88 Å². The fourth-order valence-electron chi connectivity index (χ4n) is 4.04. The van der Waals surface area contributed by atoms with Crippen LogP contribution in [0.4, 0.5) is 0 Å². The van der Waals surface area contributed by atoms with Gasteiger partial charge in [0.05, 0.1) is 24.4 Å². The number of aromatic nitrogens is 1. The van der Waals surface area contributed by atoms with Crippen molar-refractivity contribution >= 4 is 28.8 Å². The molecule has 0 bridgehead atoms. The van der Waals surface area contributed by atoms with Crippen molar-refractivity contribution in [2.24, 2.45) is 0 Å². The number of pyridine rings is 1. The molecular weight excluding hydrogens is 452 g/mol. The van der Waals surface area contributed by atoms with Crippen LogP contribution in [0.25, 0.3) is 5.76 Å². The summed E-state index contributed by atoms with van der Waals surface area (Å²) in [6, 6.07) is 9.89. The molecule has 7 nitrogen and oxygen atoms in total. The molecule has 0 saturated carbocycles. The summed E-state index contributed by atoms with van der Waals surface area (Å²) in [5.41, 5.74) is 2.11. The van der Waals surface area contributed by atoms with Gasteiger partial charge >= 0.3 is 0 Å². The second-order valence-corrected chi connectivity index (χ2v) is 8.73. The van der Waals surface area contributed by atoms with E-state index in [1.54, 1.807) is 36.7 Å². The number of rotatable bonds is 8. The molecular formula is C26H26N2O5S. The third-order valence-corrected chi connectivity index (χ3v) is 6.66. The molecule has 4 rings (SSSR count). The van der Waals surface area contributed by atoms with Gasteiger partial charge in [0.25, 0.3) is 11.7 Å². The van der Waals surface area contributed by atoms with E-state index in [4.69, 9.17) is 9.47 Å². The van der Waals surface area contributed by atoms with Gasteiger partial charge in [0.1, 0.15) is 23.3 Å². The van der Waals surface area contributed by atoms with Crippen LogP contribution in [-0.4, -0.2) is 39.9 Å². The Morgan fingerprint density at radius 1 is 1.15 bits per heavy atom. The zero-order valence-corrected chi connectivity index (χ0v) is 20.1. The van der Waals surface area contributed by atoms with Gasteiger partial charge in [-0.05, 0) is 61.5 Å². The number of nitrogens with zero attached hydrogens (tertiary/aromatic N) is 2. The first kappa shape index (κ1) is 23.5. The van der Waals surface area contributed by atoms with E-state index >= 15 is 0 Å². The molecule has 34 heavy (non-hydrogen) atoms. The fourth-order valence-corrected chi connectivity index (χ4v) is 5.09. The van der Waals surface area contributed by atoms with Gasteiger partial charge in [-0.1, -0.05) is 6.07 Å². The van der Waals surface area contributed by atoms with Crippen LogP contribution in [-0.2, 0) is 16.1 Å². The van der Waals surface area contributed by atoms with E-state index in [2.05, 4.69) is 4.98 Å². The van der Waals surface area contributed by atoms with E-state index < -0.39 is 17.7 Å². The third kappa shape index (κ3) is 4.41. The number of Topliss-reactive ketones (excluding diaryl/α,β-unsaturated/α-hetero) is 1. The Morgan fingerprint density at radius 2 is 1.94 bits per heavy atom. The standard InChI is InChI=1S/C26H26N2O5S/c1-4-32-18-8-9-19(20(13-18)33-5-2)23(29)21-22(25-16(3)10-12-34-25)28(26(31)24(21)30)15-17-7-6-11-27-14-17/h6-14,22,29H,4-5,15H2,1-3H3/b23-21+. The Labute approximate surface area is 202 Å². The second-order valence-electron chi connectivity index (χ2n) is 7.78. The lowest BCUT2D eigenvalue weighted by molar-refractivity contribution is -0.140. The molecule has 0 spiro atoms. The van der Waals surface area contributed by atoms with E-state index in [0.717, 1.165) is 16.0 Å². The highest BCUT2D eigenvalue weighted by atomic mass is 32.1. The van der Waals surface area contributed by atoms with Crippen molar-refractivity contribution in [2.75, 3.05) is 13.2 Å². The molecule has 3 aromatic rings. The lowest BCUT2D eigenvalue weighted by atomic mass is 9.97. The molecule has 1 unspecified atom stereocenters. The number of carbonyl (C=O) groups is 2. The average Bonchev–Trinajstić information content (AvgIpc) is 3.36. The van der Waals surface area contributed by atoms with Gasteiger partial charge in [0.15, 0.2) is 0 Å². The molecule has 0 aliphatic carbocycles. The number of hydrogen-bond donors (Lipinski definition) is 1. The summed E-state index contributed by atoms with van der Waals surface area (Å²) in [6.07, 6.45) is 3.32. The number of aryl methyl sites for hydroxylation is 1. The van der Waals surface area contributed by atoms with Gasteiger partial charge in [-0.15, -0.1) is 11.3 Å². The number of amides is 1. The number of carbonyl (C=O) groups excluding carboxylic acids is 2. The molecule has 2 aromatic heterocycles. The van der Waals surface area contributed by atoms with Crippen molar-refractivity contribution in [3.63, 3.8) is 0 Å². The SMILES string of the molecule is CCOc1ccc(/C(O)=C2\C(=O)C(=O)N(Cc3cccnc3)C2c2sccc2C)c(OCC)c1. The first-order valence-corrected chi connectivity index (χ1v) is 12.0. The summed E-state index contributed by atoms with van der Waals surface area (Å²) < 4.78 is 11.3. The molecule has 1 aliphatic rings. The van der Waals surface area contributed by atoms with Gasteiger partial charge < -0.3 is 19.5 Å². The summed E-state index contributed by atoms with van der Waals surface area (Å²) in [5.74, 6) is -0.685. The van der Waals surface area contributed by atoms with Gasteiger partial charge in [-0.2, -0.15) is 0 Å². The predicted molar refractivity (Wildman–Crippen MR) is 130 cm³/mol. The Kier molecular flexibility index (Phi) is 6.98. The summed E-state index contributed by atoms with van der Waals surface area (Å²) in [6.45, 7) is 6.67. The lowest BCUT2D eigenvalue weighted by Crippen LogP contribution is -2.29. The van der Waals surface area contributed by atoms with E-state index in [1.165, 1.54) is 16.2 Å². The molecule has 1 aromatic carbocycles. The van der Waals surface area contributed by atoms with Crippen LogP contribution >= 0.6 is 11.3 Å². The molecule has 176 valence electrons. The summed E-state index contributed by atoms with van der Waals surface area (Å²) in [7, 11) is 0. The van der Waals surface area contributed by atoms with E-state index in [-0.39, 0.29) is 17.9 Å². The van der Waals surface area contributed by atoms with Crippen molar-refractivity contribution < 1.29 is 24.2 Å². The highest BCUT2D eigenvalue weighted by Gasteiger charge is 2.47. The highest BCUT2D eigenvalue weighted by molar-refractivity contribution is 7.10. The van der Waals surface area contributed by atoms with Gasteiger partial charge in [0.2, 0.25) is 0 Å². The molecule has 8 heteroatoms. The van der Waals surface area contributed by atoms with Gasteiger partial charge in [-0.25, -0.2) is 0 Å². The number of hydrogen-bond acceptors (Lipinski definition) is 7. The topological polar surface area (TPSA) is 89.0 Å². The quantitative estimate of drug-likeness (QED) is 0.282. The first-order valence-electron chi connectivity index (χ1n) is 11.1. The van der Waals surface area contributed by atoms with Crippen molar-refractivity contribution in [1.29, 1.82) is 0 Å². The Bertz CT molecular complexity index is 1230. The predicted octanol–water partition coefficient (Wildman–Crippen LogP) is 4.87. The zero-order valence-electron chi connectivity index (χ0n) is 19.3. The molecule has 1 amide bonds. The molecule has 1 saturated heterocycles. The number of thiophene rings is 1. The normalized spacial score (nSPS) is 17.3. The molecule has 3 heterocycles. The second kappa shape index (κ2) is 10.1. The first-order chi connectivity index (χ1) is 16.5. The molecule has 0 radical (unpaired) electrons. The number of aliphatic hydroxyl groups excluding tert-OH is 1. The summed E-state index contributed by atoms with van der Waals surface area (Å²) in [5, 5.41) is 13.3. The maximum Gasteiger partial charge on any atom is 0.295 e. The van der Waals surface area contributed by atoms with Crippen LogP contribution in [0, 0.1) is 6.92 Å². The van der Waals surface area contributed by atoms with Crippen LogP contribution in [0.15, 0.2) is 59.7 Å². The third-order valence-electron chi connectivity index (χ3n) is 5.58. The minimum absolute atomic E-state index is 0.0459. The average molecular weight is 479 g/mol. The number of aliphatic hydroxyl groups is 1. The smallest absolute Gasteiger partial charge is 0.295 e. The molecule has 1 fully saturated rings. The Morgan fingerprint density at radius 3 is 2.59 bits per heavy atom. The maximum atomic E-state index is 13.3. The van der Waals surface area contributed by atoms with E-state index in [1.807, 2.05) is 38.3 Å². The number of ether oxygens (including phenoxy) is 2. The minimum Gasteiger partial charge on any atom is -0.507 e. The molecule has 1 atom stereocenters. The van der Waals surface area contributed by atoms with E-state index in [9.17, 15) is 14.7 Å². The minimum atomic E-state index is -0.726. The van der Waals surface area contributed by atoms with Crippen LogP contribution < -0.4 is 9.47 Å².